The minimum Gasteiger partial charge on any atom is -0.382 e. The summed E-state index contributed by atoms with van der Waals surface area (Å²) in [5.41, 5.74) is -5.59. The highest BCUT2D eigenvalue weighted by Gasteiger charge is 2.54. The third-order valence-electron chi connectivity index (χ3n) is 3.24. The van der Waals surface area contributed by atoms with Crippen LogP contribution in [0.4, 0.5) is 13.2 Å². The molecule has 1 fully saturated rings. The molecule has 138 valence electrons. The van der Waals surface area contributed by atoms with Gasteiger partial charge in [0.05, 0.1) is 6.61 Å². The van der Waals surface area contributed by atoms with Crippen LogP contribution in [-0.4, -0.2) is 79.7 Å². The number of methoxy groups -OCH3 is 4. The van der Waals surface area contributed by atoms with Gasteiger partial charge in [0.25, 0.3) is 0 Å². The van der Waals surface area contributed by atoms with Crippen LogP contribution in [0.5, 0.6) is 0 Å². The Kier molecular flexibility index (Phi) is 7.19. The van der Waals surface area contributed by atoms with Crippen molar-refractivity contribution in [1.82, 2.24) is 0 Å². The number of rotatable bonds is 7. The molecular weight excluding hydrogens is 349 g/mol. The van der Waals surface area contributed by atoms with E-state index in [-0.39, 0.29) is 6.61 Å². The van der Waals surface area contributed by atoms with Crippen molar-refractivity contribution in [2.45, 2.75) is 36.2 Å². The molecule has 1 saturated heterocycles. The molecule has 0 aliphatic carbocycles. The van der Waals surface area contributed by atoms with Crippen LogP contribution in [0.3, 0.4) is 0 Å². The normalized spacial score (nSPS) is 32.9. The van der Waals surface area contributed by atoms with Crippen molar-refractivity contribution in [3.63, 3.8) is 0 Å². The maximum atomic E-state index is 12.5. The van der Waals surface area contributed by atoms with Gasteiger partial charge >= 0.3 is 15.6 Å². The molecule has 0 radical (unpaired) electrons. The summed E-state index contributed by atoms with van der Waals surface area (Å²) < 4.78 is 89.6. The Balaban J connectivity index is 3.09. The van der Waals surface area contributed by atoms with E-state index < -0.39 is 46.3 Å². The van der Waals surface area contributed by atoms with Crippen molar-refractivity contribution in [3.05, 3.63) is 0 Å². The number of alkyl halides is 3. The van der Waals surface area contributed by atoms with Gasteiger partial charge in [0, 0.05) is 28.4 Å². The lowest BCUT2D eigenvalue weighted by Gasteiger charge is -2.43. The lowest BCUT2D eigenvalue weighted by molar-refractivity contribution is -0.293. The highest BCUT2D eigenvalue weighted by Crippen LogP contribution is 2.32. The van der Waals surface area contributed by atoms with E-state index in [4.69, 9.17) is 23.7 Å². The van der Waals surface area contributed by atoms with Crippen molar-refractivity contribution in [3.8, 4) is 0 Å². The minimum absolute atomic E-state index is 0.0826. The van der Waals surface area contributed by atoms with Gasteiger partial charge in [-0.3, -0.25) is 0 Å². The van der Waals surface area contributed by atoms with Gasteiger partial charge in [-0.25, -0.2) is 4.18 Å². The third kappa shape index (κ3) is 4.53. The van der Waals surface area contributed by atoms with E-state index in [9.17, 15) is 21.6 Å². The monoisotopic (exact) mass is 368 g/mol. The summed E-state index contributed by atoms with van der Waals surface area (Å²) in [6.07, 6.45) is -5.77. The first-order valence-corrected chi connectivity index (χ1v) is 7.76. The Morgan fingerprint density at radius 1 is 0.957 bits per heavy atom. The van der Waals surface area contributed by atoms with Gasteiger partial charge in [0.15, 0.2) is 0 Å². The predicted molar refractivity (Wildman–Crippen MR) is 69.0 cm³/mol. The molecule has 0 spiro atoms. The van der Waals surface area contributed by atoms with Crippen LogP contribution in [0, 0.1) is 0 Å². The maximum absolute atomic E-state index is 12.5. The molecule has 0 amide bonds. The van der Waals surface area contributed by atoms with Crippen LogP contribution in [-0.2, 0) is 38.0 Å². The molecule has 0 saturated carbocycles. The fourth-order valence-corrected chi connectivity index (χ4v) is 2.75. The van der Waals surface area contributed by atoms with E-state index in [1.807, 2.05) is 0 Å². The molecule has 0 N–H and O–H groups in total. The summed E-state index contributed by atoms with van der Waals surface area (Å²) in [7, 11) is -0.781. The van der Waals surface area contributed by atoms with Gasteiger partial charge in [-0.2, -0.15) is 21.6 Å². The van der Waals surface area contributed by atoms with Crippen molar-refractivity contribution in [2.75, 3.05) is 35.0 Å². The van der Waals surface area contributed by atoms with Gasteiger partial charge in [0.1, 0.15) is 24.4 Å². The van der Waals surface area contributed by atoms with Crippen LogP contribution < -0.4 is 0 Å². The molecule has 0 aromatic heterocycles. The average Bonchev–Trinajstić information content (AvgIpc) is 2.45. The Bertz CT molecular complexity index is 468. The van der Waals surface area contributed by atoms with E-state index in [0.717, 1.165) is 7.11 Å². The number of hydrogen-bond acceptors (Lipinski definition) is 8. The molecule has 0 aromatic carbocycles. The first kappa shape index (κ1) is 20.5. The Morgan fingerprint density at radius 3 is 1.87 bits per heavy atom. The van der Waals surface area contributed by atoms with Gasteiger partial charge in [-0.05, 0) is 0 Å². The maximum Gasteiger partial charge on any atom is 0.523 e. The van der Waals surface area contributed by atoms with Gasteiger partial charge in [-0.1, -0.05) is 0 Å². The molecule has 1 aliphatic rings. The SMILES string of the molecule is COC[C@H]1O[C@H](OS(=O)(=O)C(F)(F)F)[C@H](OC)[C@@H](OC)[C@@H]1OC. The molecule has 1 rings (SSSR count). The quantitative estimate of drug-likeness (QED) is 0.467. The molecule has 1 aliphatic heterocycles. The number of hydrogen-bond donors (Lipinski definition) is 0. The molecular formula is C11H19F3O8S. The van der Waals surface area contributed by atoms with Crippen LogP contribution in [0.15, 0.2) is 0 Å². The Morgan fingerprint density at radius 2 is 1.48 bits per heavy atom. The Hall–Kier alpha value is -0.500. The number of halogens is 3. The molecule has 23 heavy (non-hydrogen) atoms. The average molecular weight is 368 g/mol. The summed E-state index contributed by atoms with van der Waals surface area (Å²) in [4.78, 5) is 0. The van der Waals surface area contributed by atoms with Gasteiger partial charge in [-0.15, -0.1) is 0 Å². The molecule has 12 heteroatoms. The van der Waals surface area contributed by atoms with E-state index in [1.165, 1.54) is 21.3 Å². The summed E-state index contributed by atoms with van der Waals surface area (Å²) >= 11 is 0. The van der Waals surface area contributed by atoms with E-state index in [2.05, 4.69) is 4.18 Å². The van der Waals surface area contributed by atoms with Crippen LogP contribution in [0.1, 0.15) is 0 Å². The second-order valence-electron chi connectivity index (χ2n) is 4.60. The highest BCUT2D eigenvalue weighted by molar-refractivity contribution is 7.87. The van der Waals surface area contributed by atoms with Crippen LogP contribution >= 0.6 is 0 Å². The topological polar surface area (TPSA) is 89.5 Å². The van der Waals surface area contributed by atoms with Crippen molar-refractivity contribution >= 4 is 10.1 Å². The lowest BCUT2D eigenvalue weighted by Crippen LogP contribution is -2.61. The Labute approximate surface area is 131 Å². The first-order chi connectivity index (χ1) is 10.6. The summed E-state index contributed by atoms with van der Waals surface area (Å²) in [6, 6.07) is 0. The minimum atomic E-state index is -5.88. The molecule has 0 bridgehead atoms. The zero-order valence-electron chi connectivity index (χ0n) is 12.9. The van der Waals surface area contributed by atoms with Crippen LogP contribution in [0.25, 0.3) is 0 Å². The molecule has 0 aromatic rings. The predicted octanol–water partition coefficient (Wildman–Crippen LogP) is 0.269. The smallest absolute Gasteiger partial charge is 0.382 e. The van der Waals surface area contributed by atoms with E-state index in [1.54, 1.807) is 0 Å². The number of ether oxygens (including phenoxy) is 5. The lowest BCUT2D eigenvalue weighted by atomic mass is 9.98. The molecule has 8 nitrogen and oxygen atoms in total. The van der Waals surface area contributed by atoms with Crippen LogP contribution in [0.2, 0.25) is 0 Å². The fourth-order valence-electron chi connectivity index (χ4n) is 2.24. The highest BCUT2D eigenvalue weighted by atomic mass is 32.2. The second kappa shape index (κ2) is 8.05. The second-order valence-corrected chi connectivity index (χ2v) is 6.16. The first-order valence-electron chi connectivity index (χ1n) is 6.35. The van der Waals surface area contributed by atoms with Crippen molar-refractivity contribution < 1.29 is 49.5 Å². The summed E-state index contributed by atoms with van der Waals surface area (Å²) in [6.45, 7) is -0.0826. The summed E-state index contributed by atoms with van der Waals surface area (Å²) in [5.74, 6) is 0. The summed E-state index contributed by atoms with van der Waals surface area (Å²) in [5, 5.41) is 0. The van der Waals surface area contributed by atoms with Crippen molar-refractivity contribution in [1.29, 1.82) is 0 Å². The van der Waals surface area contributed by atoms with Gasteiger partial charge in [0.2, 0.25) is 6.29 Å². The fraction of sp³-hybridized carbons (Fsp3) is 1.00. The molecule has 1 heterocycles. The molecule has 5 atom stereocenters. The zero-order valence-corrected chi connectivity index (χ0v) is 13.7. The third-order valence-corrected chi connectivity index (χ3v) is 4.25. The zero-order chi connectivity index (χ0) is 17.8. The molecule has 0 unspecified atom stereocenters. The van der Waals surface area contributed by atoms with E-state index in [0.29, 0.717) is 0 Å². The van der Waals surface area contributed by atoms with Gasteiger partial charge < -0.3 is 23.7 Å². The van der Waals surface area contributed by atoms with E-state index >= 15 is 0 Å². The largest absolute Gasteiger partial charge is 0.523 e. The van der Waals surface area contributed by atoms with Crippen molar-refractivity contribution in [2.24, 2.45) is 0 Å². The standard InChI is InChI=1S/C11H19F3O8S/c1-17-5-6-7(18-2)8(19-3)9(20-4)10(21-6)22-23(15,16)11(12,13)14/h6-10H,5H2,1-4H3/t6-,7-,8+,9-,10-/m1/s1.